The monoisotopic (exact) mass is 319 g/mol. The average molecular weight is 319 g/mol. The Balaban J connectivity index is 1.98. The summed E-state index contributed by atoms with van der Waals surface area (Å²) in [7, 11) is 0. The molecule has 128 valence electrons. The standard InChI is InChI=1S/C18H29N3O2/c1-4-21(15(2)3)17-7-5-16(6-8-17)18(23)20-11-9-19(10-12-20)13-14-22/h5-8,15,22H,4,9-14H2,1-3H3. The van der Waals surface area contributed by atoms with Gasteiger partial charge in [-0.1, -0.05) is 0 Å². The lowest BCUT2D eigenvalue weighted by atomic mass is 10.1. The summed E-state index contributed by atoms with van der Waals surface area (Å²) in [6, 6.07) is 8.39. The first-order valence-corrected chi connectivity index (χ1v) is 8.56. The number of hydrogen-bond donors (Lipinski definition) is 1. The first-order valence-electron chi connectivity index (χ1n) is 8.56. The van der Waals surface area contributed by atoms with Gasteiger partial charge in [0.25, 0.3) is 5.91 Å². The number of carbonyl (C=O) groups is 1. The molecule has 0 bridgehead atoms. The van der Waals surface area contributed by atoms with Crippen molar-refractivity contribution in [3.63, 3.8) is 0 Å². The molecule has 5 nitrogen and oxygen atoms in total. The molecule has 1 heterocycles. The number of anilines is 1. The molecule has 0 radical (unpaired) electrons. The van der Waals surface area contributed by atoms with Crippen molar-refractivity contribution >= 4 is 11.6 Å². The van der Waals surface area contributed by atoms with E-state index >= 15 is 0 Å². The maximum Gasteiger partial charge on any atom is 0.253 e. The van der Waals surface area contributed by atoms with Gasteiger partial charge < -0.3 is 14.9 Å². The highest BCUT2D eigenvalue weighted by atomic mass is 16.3. The SMILES string of the molecule is CCN(c1ccc(C(=O)N2CCN(CCO)CC2)cc1)C(C)C. The van der Waals surface area contributed by atoms with Crippen LogP contribution >= 0.6 is 0 Å². The number of amides is 1. The van der Waals surface area contributed by atoms with Gasteiger partial charge in [0, 0.05) is 56.6 Å². The quantitative estimate of drug-likeness (QED) is 0.866. The van der Waals surface area contributed by atoms with Crippen LogP contribution in [-0.2, 0) is 0 Å². The Morgan fingerprint density at radius 1 is 1.17 bits per heavy atom. The molecule has 1 aliphatic rings. The van der Waals surface area contributed by atoms with E-state index in [0.29, 0.717) is 12.6 Å². The van der Waals surface area contributed by atoms with Gasteiger partial charge in [0.1, 0.15) is 0 Å². The lowest BCUT2D eigenvalue weighted by Crippen LogP contribution is -2.49. The van der Waals surface area contributed by atoms with Crippen LogP contribution < -0.4 is 4.90 Å². The van der Waals surface area contributed by atoms with E-state index in [1.54, 1.807) is 0 Å². The van der Waals surface area contributed by atoms with Gasteiger partial charge >= 0.3 is 0 Å². The minimum Gasteiger partial charge on any atom is -0.395 e. The molecular weight excluding hydrogens is 290 g/mol. The molecule has 0 atom stereocenters. The molecular formula is C18H29N3O2. The zero-order chi connectivity index (χ0) is 16.8. The molecule has 0 aromatic heterocycles. The molecule has 0 saturated carbocycles. The van der Waals surface area contributed by atoms with E-state index in [2.05, 4.69) is 30.6 Å². The van der Waals surface area contributed by atoms with Gasteiger partial charge in [0.2, 0.25) is 0 Å². The van der Waals surface area contributed by atoms with Crippen molar-refractivity contribution < 1.29 is 9.90 Å². The zero-order valence-corrected chi connectivity index (χ0v) is 14.5. The molecule has 2 rings (SSSR count). The van der Waals surface area contributed by atoms with E-state index in [1.807, 2.05) is 29.2 Å². The fraction of sp³-hybridized carbons (Fsp3) is 0.611. The fourth-order valence-corrected chi connectivity index (χ4v) is 3.14. The number of aliphatic hydroxyl groups excluding tert-OH is 1. The van der Waals surface area contributed by atoms with Crippen molar-refractivity contribution in [2.24, 2.45) is 0 Å². The Kier molecular flexibility index (Phi) is 6.42. The summed E-state index contributed by atoms with van der Waals surface area (Å²) in [6.45, 7) is 11.5. The average Bonchev–Trinajstić information content (AvgIpc) is 2.56. The van der Waals surface area contributed by atoms with E-state index in [4.69, 9.17) is 5.11 Å². The fourth-order valence-electron chi connectivity index (χ4n) is 3.14. The van der Waals surface area contributed by atoms with Crippen molar-refractivity contribution in [2.45, 2.75) is 26.8 Å². The van der Waals surface area contributed by atoms with Crippen molar-refractivity contribution in [2.75, 3.05) is 50.8 Å². The Morgan fingerprint density at radius 3 is 2.26 bits per heavy atom. The number of aliphatic hydroxyl groups is 1. The highest BCUT2D eigenvalue weighted by Crippen LogP contribution is 2.19. The Labute approximate surface area is 139 Å². The summed E-state index contributed by atoms with van der Waals surface area (Å²) in [6.07, 6.45) is 0. The van der Waals surface area contributed by atoms with Crippen molar-refractivity contribution in [3.8, 4) is 0 Å². The molecule has 0 spiro atoms. The molecule has 23 heavy (non-hydrogen) atoms. The molecule has 1 aliphatic heterocycles. The van der Waals surface area contributed by atoms with E-state index < -0.39 is 0 Å². The van der Waals surface area contributed by atoms with Crippen LogP contribution in [0.1, 0.15) is 31.1 Å². The first kappa shape index (κ1) is 17.8. The Hall–Kier alpha value is -1.59. The summed E-state index contributed by atoms with van der Waals surface area (Å²) in [5.41, 5.74) is 1.91. The van der Waals surface area contributed by atoms with Gasteiger partial charge in [-0.25, -0.2) is 0 Å². The normalized spacial score (nSPS) is 16.0. The van der Waals surface area contributed by atoms with Crippen LogP contribution in [-0.4, -0.2) is 72.7 Å². The van der Waals surface area contributed by atoms with Crippen molar-refractivity contribution in [3.05, 3.63) is 29.8 Å². The van der Waals surface area contributed by atoms with Crippen LogP contribution in [0.5, 0.6) is 0 Å². The van der Waals surface area contributed by atoms with Crippen molar-refractivity contribution in [1.82, 2.24) is 9.80 Å². The maximum absolute atomic E-state index is 12.6. The molecule has 1 aromatic carbocycles. The third kappa shape index (κ3) is 4.45. The summed E-state index contributed by atoms with van der Waals surface area (Å²) >= 11 is 0. The van der Waals surface area contributed by atoms with Crippen LogP contribution in [0.25, 0.3) is 0 Å². The number of carbonyl (C=O) groups excluding carboxylic acids is 1. The first-order chi connectivity index (χ1) is 11.1. The third-order valence-corrected chi connectivity index (χ3v) is 4.49. The summed E-state index contributed by atoms with van der Waals surface area (Å²) in [4.78, 5) is 19.0. The lowest BCUT2D eigenvalue weighted by molar-refractivity contribution is 0.0615. The molecule has 5 heteroatoms. The number of benzene rings is 1. The summed E-state index contributed by atoms with van der Waals surface area (Å²) in [5, 5.41) is 8.98. The predicted molar refractivity (Wildman–Crippen MR) is 94.0 cm³/mol. The minimum atomic E-state index is 0.104. The number of hydrogen-bond acceptors (Lipinski definition) is 4. The molecule has 1 saturated heterocycles. The Bertz CT molecular complexity index is 493. The zero-order valence-electron chi connectivity index (χ0n) is 14.5. The maximum atomic E-state index is 12.6. The summed E-state index contributed by atoms with van der Waals surface area (Å²) < 4.78 is 0. The molecule has 0 unspecified atom stereocenters. The molecule has 1 aromatic rings. The van der Waals surface area contributed by atoms with Gasteiger partial charge in [-0.3, -0.25) is 9.69 Å². The molecule has 1 fully saturated rings. The second-order valence-corrected chi connectivity index (χ2v) is 6.28. The molecule has 1 N–H and O–H groups in total. The number of rotatable bonds is 6. The van der Waals surface area contributed by atoms with Crippen LogP contribution in [0.2, 0.25) is 0 Å². The van der Waals surface area contributed by atoms with E-state index in [-0.39, 0.29) is 12.5 Å². The molecule has 1 amide bonds. The van der Waals surface area contributed by atoms with Gasteiger partial charge in [-0.05, 0) is 45.0 Å². The van der Waals surface area contributed by atoms with Crippen LogP contribution in [0.3, 0.4) is 0 Å². The highest BCUT2D eigenvalue weighted by molar-refractivity contribution is 5.94. The smallest absolute Gasteiger partial charge is 0.253 e. The van der Waals surface area contributed by atoms with Gasteiger partial charge in [-0.15, -0.1) is 0 Å². The number of piperazine rings is 1. The third-order valence-electron chi connectivity index (χ3n) is 4.49. The lowest BCUT2D eigenvalue weighted by Gasteiger charge is -2.34. The largest absolute Gasteiger partial charge is 0.395 e. The minimum absolute atomic E-state index is 0.104. The summed E-state index contributed by atoms with van der Waals surface area (Å²) in [5.74, 6) is 0.104. The second-order valence-electron chi connectivity index (χ2n) is 6.28. The predicted octanol–water partition coefficient (Wildman–Crippen LogP) is 1.67. The van der Waals surface area contributed by atoms with Crippen LogP contribution in [0.15, 0.2) is 24.3 Å². The number of β-amino-alcohol motifs (C(OH)–C–C–N with tert-alkyl or cyclic N) is 1. The van der Waals surface area contributed by atoms with Crippen LogP contribution in [0, 0.1) is 0 Å². The highest BCUT2D eigenvalue weighted by Gasteiger charge is 2.21. The number of nitrogens with zero attached hydrogens (tertiary/aromatic N) is 3. The van der Waals surface area contributed by atoms with E-state index in [9.17, 15) is 4.79 Å². The van der Waals surface area contributed by atoms with Gasteiger partial charge in [0.15, 0.2) is 0 Å². The van der Waals surface area contributed by atoms with Crippen LogP contribution in [0.4, 0.5) is 5.69 Å². The van der Waals surface area contributed by atoms with E-state index in [0.717, 1.165) is 44.0 Å². The Morgan fingerprint density at radius 2 is 1.78 bits per heavy atom. The van der Waals surface area contributed by atoms with E-state index in [1.165, 1.54) is 0 Å². The topological polar surface area (TPSA) is 47.0 Å². The van der Waals surface area contributed by atoms with Crippen molar-refractivity contribution in [1.29, 1.82) is 0 Å². The molecule has 0 aliphatic carbocycles. The second kappa shape index (κ2) is 8.31. The van der Waals surface area contributed by atoms with Gasteiger partial charge in [-0.2, -0.15) is 0 Å². The van der Waals surface area contributed by atoms with Gasteiger partial charge in [0.05, 0.1) is 6.61 Å².